The minimum atomic E-state index is -4.41. The van der Waals surface area contributed by atoms with Crippen LogP contribution in [0.25, 0.3) is 0 Å². The van der Waals surface area contributed by atoms with Gasteiger partial charge in [-0.25, -0.2) is 0 Å². The fourth-order valence-electron chi connectivity index (χ4n) is 2.11. The van der Waals surface area contributed by atoms with Crippen LogP contribution in [0, 0.1) is 0 Å². The van der Waals surface area contributed by atoms with Crippen molar-refractivity contribution in [3.05, 3.63) is 18.0 Å². The zero-order valence-electron chi connectivity index (χ0n) is 11.9. The number of rotatable bonds is 6. The number of nitrogens with zero attached hydrogens (tertiary/aromatic N) is 2. The lowest BCUT2D eigenvalue weighted by atomic mass is 9.97. The van der Waals surface area contributed by atoms with E-state index in [2.05, 4.69) is 10.4 Å². The fraction of sp³-hybridized carbons (Fsp3) is 0.692. The molecule has 1 aromatic heterocycles. The van der Waals surface area contributed by atoms with Gasteiger partial charge >= 0.3 is 12.1 Å². The molecule has 0 aromatic carbocycles. The first-order valence-corrected chi connectivity index (χ1v) is 6.70. The molecule has 0 bridgehead atoms. The first kappa shape index (κ1) is 15.8. The molecule has 2 rings (SSSR count). The summed E-state index contributed by atoms with van der Waals surface area (Å²) in [7, 11) is 1.30. The van der Waals surface area contributed by atoms with Crippen LogP contribution in [-0.4, -0.2) is 34.4 Å². The molecule has 0 aliphatic heterocycles. The summed E-state index contributed by atoms with van der Waals surface area (Å²) < 4.78 is 43.5. The fourth-order valence-corrected chi connectivity index (χ4v) is 2.11. The Balaban J connectivity index is 2.01. The molecule has 1 fully saturated rings. The topological polar surface area (TPSA) is 56.2 Å². The lowest BCUT2D eigenvalue weighted by Crippen LogP contribution is -2.51. The number of carbonyl (C=O) groups is 1. The predicted octanol–water partition coefficient (Wildman–Crippen LogP) is 1.98. The molecule has 0 spiro atoms. The van der Waals surface area contributed by atoms with Crippen LogP contribution in [0.1, 0.15) is 31.7 Å². The van der Waals surface area contributed by atoms with E-state index in [1.54, 1.807) is 6.92 Å². The van der Waals surface area contributed by atoms with Crippen molar-refractivity contribution < 1.29 is 22.7 Å². The third-order valence-electron chi connectivity index (χ3n) is 3.54. The van der Waals surface area contributed by atoms with Gasteiger partial charge in [-0.05, 0) is 26.2 Å². The Labute approximate surface area is 120 Å². The van der Waals surface area contributed by atoms with E-state index in [0.717, 1.165) is 25.2 Å². The molecule has 1 N–H and O–H groups in total. The van der Waals surface area contributed by atoms with Crippen LogP contribution < -0.4 is 5.32 Å². The summed E-state index contributed by atoms with van der Waals surface area (Å²) in [5.41, 5.74) is -1.71. The standard InChI is InChI=1S/C13H18F3N3O2/c1-12(11(20)21-2,18-10-3-4-10)5-6-19-8-9(7-17-19)13(14,15)16/h7-8,10,18H,3-6H2,1-2H3. The van der Waals surface area contributed by atoms with E-state index in [4.69, 9.17) is 4.74 Å². The summed E-state index contributed by atoms with van der Waals surface area (Å²) in [6.07, 6.45) is -0.400. The molecule has 1 atom stereocenters. The number of nitrogens with one attached hydrogen (secondary N) is 1. The normalized spacial score (nSPS) is 18.3. The summed E-state index contributed by atoms with van der Waals surface area (Å²) in [5.74, 6) is -0.419. The van der Waals surface area contributed by atoms with Gasteiger partial charge in [0.15, 0.2) is 0 Å². The van der Waals surface area contributed by atoms with Gasteiger partial charge in [-0.15, -0.1) is 0 Å². The van der Waals surface area contributed by atoms with Crippen LogP contribution in [0.5, 0.6) is 0 Å². The van der Waals surface area contributed by atoms with E-state index in [9.17, 15) is 18.0 Å². The minimum absolute atomic E-state index is 0.196. The number of hydrogen-bond acceptors (Lipinski definition) is 4. The van der Waals surface area contributed by atoms with Crippen LogP contribution >= 0.6 is 0 Å². The number of aromatic nitrogens is 2. The Bertz CT molecular complexity index is 511. The first-order chi connectivity index (χ1) is 9.74. The molecule has 0 saturated heterocycles. The van der Waals surface area contributed by atoms with Crippen molar-refractivity contribution >= 4 is 5.97 Å². The number of aryl methyl sites for hydroxylation is 1. The quantitative estimate of drug-likeness (QED) is 0.817. The van der Waals surface area contributed by atoms with Gasteiger partial charge in [0.1, 0.15) is 5.54 Å². The van der Waals surface area contributed by atoms with Gasteiger partial charge in [0.05, 0.1) is 18.9 Å². The first-order valence-electron chi connectivity index (χ1n) is 6.70. The predicted molar refractivity (Wildman–Crippen MR) is 68.4 cm³/mol. The summed E-state index contributed by atoms with van der Waals surface area (Å²) in [5, 5.41) is 6.87. The van der Waals surface area contributed by atoms with E-state index in [1.165, 1.54) is 11.8 Å². The largest absolute Gasteiger partial charge is 0.468 e. The van der Waals surface area contributed by atoms with Crippen molar-refractivity contribution in [3.63, 3.8) is 0 Å². The molecule has 1 heterocycles. The van der Waals surface area contributed by atoms with Gasteiger partial charge in [0, 0.05) is 18.8 Å². The van der Waals surface area contributed by atoms with Gasteiger partial charge in [0.2, 0.25) is 0 Å². The van der Waals surface area contributed by atoms with E-state index in [-0.39, 0.29) is 12.6 Å². The van der Waals surface area contributed by atoms with E-state index in [1.807, 2.05) is 0 Å². The second kappa shape index (κ2) is 5.67. The number of alkyl halides is 3. The van der Waals surface area contributed by atoms with Gasteiger partial charge < -0.3 is 4.74 Å². The molecule has 0 radical (unpaired) electrons. The molecule has 1 saturated carbocycles. The average molecular weight is 305 g/mol. The highest BCUT2D eigenvalue weighted by Gasteiger charge is 2.39. The number of hydrogen-bond donors (Lipinski definition) is 1. The van der Waals surface area contributed by atoms with Crippen molar-refractivity contribution in [1.29, 1.82) is 0 Å². The number of halogens is 3. The van der Waals surface area contributed by atoms with E-state index >= 15 is 0 Å². The van der Waals surface area contributed by atoms with Crippen LogP contribution in [0.3, 0.4) is 0 Å². The van der Waals surface area contributed by atoms with E-state index in [0.29, 0.717) is 6.42 Å². The Morgan fingerprint density at radius 2 is 2.19 bits per heavy atom. The van der Waals surface area contributed by atoms with Gasteiger partial charge in [-0.3, -0.25) is 14.8 Å². The Kier molecular flexibility index (Phi) is 4.27. The van der Waals surface area contributed by atoms with Gasteiger partial charge in [0.25, 0.3) is 0 Å². The second-order valence-electron chi connectivity index (χ2n) is 5.48. The minimum Gasteiger partial charge on any atom is -0.468 e. The number of esters is 1. The Hall–Kier alpha value is -1.57. The molecule has 118 valence electrons. The number of carbonyl (C=O) groups excluding carboxylic acids is 1. The third-order valence-corrected chi connectivity index (χ3v) is 3.54. The lowest BCUT2D eigenvalue weighted by molar-refractivity contribution is -0.148. The van der Waals surface area contributed by atoms with Crippen molar-refractivity contribution in [2.24, 2.45) is 0 Å². The maximum absolute atomic E-state index is 12.5. The van der Waals surface area contributed by atoms with Crippen molar-refractivity contribution in [3.8, 4) is 0 Å². The van der Waals surface area contributed by atoms with Crippen molar-refractivity contribution in [2.75, 3.05) is 7.11 Å². The molecule has 21 heavy (non-hydrogen) atoms. The Morgan fingerprint density at radius 3 is 2.67 bits per heavy atom. The van der Waals surface area contributed by atoms with Gasteiger partial charge in [-0.2, -0.15) is 18.3 Å². The maximum Gasteiger partial charge on any atom is 0.419 e. The molecular formula is C13H18F3N3O2. The van der Waals surface area contributed by atoms with Crippen LogP contribution in [0.2, 0.25) is 0 Å². The summed E-state index contributed by atoms with van der Waals surface area (Å²) in [4.78, 5) is 11.9. The highest BCUT2D eigenvalue weighted by Crippen LogP contribution is 2.29. The summed E-state index contributed by atoms with van der Waals surface area (Å²) in [6, 6.07) is 0.275. The van der Waals surface area contributed by atoms with E-state index < -0.39 is 23.2 Å². The molecule has 0 amide bonds. The molecular weight excluding hydrogens is 287 g/mol. The summed E-state index contributed by atoms with van der Waals surface area (Å²) >= 11 is 0. The molecule has 1 unspecified atom stereocenters. The molecule has 8 heteroatoms. The van der Waals surface area contributed by atoms with Crippen molar-refractivity contribution in [2.45, 2.75) is 50.5 Å². The maximum atomic E-state index is 12.5. The monoisotopic (exact) mass is 305 g/mol. The zero-order valence-corrected chi connectivity index (χ0v) is 11.9. The second-order valence-corrected chi connectivity index (χ2v) is 5.48. The molecule has 5 nitrogen and oxygen atoms in total. The summed E-state index contributed by atoms with van der Waals surface area (Å²) in [6.45, 7) is 1.90. The average Bonchev–Trinajstić information content (AvgIpc) is 3.07. The number of ether oxygens (including phenoxy) is 1. The van der Waals surface area contributed by atoms with Crippen molar-refractivity contribution in [1.82, 2.24) is 15.1 Å². The number of methoxy groups -OCH3 is 1. The van der Waals surface area contributed by atoms with Gasteiger partial charge in [-0.1, -0.05) is 0 Å². The molecule has 1 aliphatic carbocycles. The Morgan fingerprint density at radius 1 is 1.52 bits per heavy atom. The molecule has 1 aromatic rings. The van der Waals surface area contributed by atoms with Crippen LogP contribution in [0.15, 0.2) is 12.4 Å². The third kappa shape index (κ3) is 3.96. The zero-order chi connectivity index (χ0) is 15.7. The lowest BCUT2D eigenvalue weighted by Gasteiger charge is -2.28. The highest BCUT2D eigenvalue weighted by molar-refractivity contribution is 5.80. The molecule has 1 aliphatic rings. The highest BCUT2D eigenvalue weighted by atomic mass is 19.4. The SMILES string of the molecule is COC(=O)C(C)(CCn1cc(C(F)(F)F)cn1)NC1CC1. The van der Waals surface area contributed by atoms with Crippen LogP contribution in [-0.2, 0) is 22.3 Å². The van der Waals surface area contributed by atoms with Crippen LogP contribution in [0.4, 0.5) is 13.2 Å². The smallest absolute Gasteiger partial charge is 0.419 e.